The molecule has 2 N–H and O–H groups in total. The van der Waals surface area contributed by atoms with Gasteiger partial charge in [0.1, 0.15) is 0 Å². The first-order valence-electron chi connectivity index (χ1n) is 11.0. The van der Waals surface area contributed by atoms with Gasteiger partial charge in [-0.2, -0.15) is 0 Å². The second kappa shape index (κ2) is 10.4. The van der Waals surface area contributed by atoms with Gasteiger partial charge in [-0.05, 0) is 42.5 Å². The summed E-state index contributed by atoms with van der Waals surface area (Å²) in [5, 5.41) is 3.12. The molecule has 0 spiro atoms. The quantitative estimate of drug-likeness (QED) is 0.737. The Bertz CT molecular complexity index is 825. The molecule has 2 aromatic rings. The Labute approximate surface area is 180 Å². The first kappa shape index (κ1) is 22.0. The number of nitrogens with zero attached hydrogens (tertiary/aromatic N) is 1. The van der Waals surface area contributed by atoms with Crippen molar-refractivity contribution < 1.29 is 14.5 Å². The summed E-state index contributed by atoms with van der Waals surface area (Å²) < 4.78 is 0. The van der Waals surface area contributed by atoms with E-state index in [0.29, 0.717) is 25.6 Å². The standard InChI is InChI=1S/C25H33N3O2/c1-19(2)17-21-9-11-22(12-10-21)20(3)26-24(29)18-27-13-15-28(16-14-27)25(30)23-7-5-4-6-8-23/h4-12,19-20H,13-18H2,1-3H3,(H,26,29)/p+1/t20-/m0/s1. The lowest BCUT2D eigenvalue weighted by Crippen LogP contribution is -3.15. The van der Waals surface area contributed by atoms with E-state index in [1.807, 2.05) is 42.2 Å². The molecule has 1 aliphatic heterocycles. The van der Waals surface area contributed by atoms with E-state index in [9.17, 15) is 9.59 Å². The largest absolute Gasteiger partial charge is 0.345 e. The summed E-state index contributed by atoms with van der Waals surface area (Å²) in [4.78, 5) is 28.2. The van der Waals surface area contributed by atoms with Crippen molar-refractivity contribution in [3.8, 4) is 0 Å². The Hall–Kier alpha value is -2.66. The Kier molecular flexibility index (Phi) is 7.63. The monoisotopic (exact) mass is 408 g/mol. The number of nitrogens with one attached hydrogen (secondary N) is 2. The van der Waals surface area contributed by atoms with Crippen LogP contribution in [-0.4, -0.2) is 49.4 Å². The predicted octanol–water partition coefficient (Wildman–Crippen LogP) is 2.10. The molecule has 3 rings (SSSR count). The van der Waals surface area contributed by atoms with Gasteiger partial charge in [0.05, 0.1) is 32.2 Å². The van der Waals surface area contributed by atoms with Crippen molar-refractivity contribution >= 4 is 11.8 Å². The molecule has 0 unspecified atom stereocenters. The summed E-state index contributed by atoms with van der Waals surface area (Å²) in [6, 6.07) is 17.9. The Morgan fingerprint density at radius 1 is 0.967 bits per heavy atom. The zero-order chi connectivity index (χ0) is 21.5. The molecule has 1 heterocycles. The molecule has 1 atom stereocenters. The van der Waals surface area contributed by atoms with E-state index in [1.54, 1.807) is 0 Å². The van der Waals surface area contributed by atoms with Crippen LogP contribution in [0.1, 0.15) is 48.3 Å². The van der Waals surface area contributed by atoms with Crippen LogP contribution in [0, 0.1) is 5.92 Å². The number of quaternary nitrogens is 1. The first-order valence-corrected chi connectivity index (χ1v) is 11.0. The zero-order valence-electron chi connectivity index (χ0n) is 18.4. The highest BCUT2D eigenvalue weighted by Crippen LogP contribution is 2.15. The number of carbonyl (C=O) groups is 2. The highest BCUT2D eigenvalue weighted by atomic mass is 16.2. The Morgan fingerprint density at radius 3 is 2.20 bits per heavy atom. The molecule has 2 amide bonds. The van der Waals surface area contributed by atoms with E-state index in [2.05, 4.69) is 43.4 Å². The predicted molar refractivity (Wildman–Crippen MR) is 119 cm³/mol. The zero-order valence-corrected chi connectivity index (χ0v) is 18.4. The second-order valence-corrected chi connectivity index (χ2v) is 8.71. The molecular weight excluding hydrogens is 374 g/mol. The molecule has 5 heteroatoms. The van der Waals surface area contributed by atoms with E-state index < -0.39 is 0 Å². The fraction of sp³-hybridized carbons (Fsp3) is 0.440. The number of amides is 2. The fourth-order valence-corrected chi connectivity index (χ4v) is 3.98. The Morgan fingerprint density at radius 2 is 1.60 bits per heavy atom. The van der Waals surface area contributed by atoms with E-state index in [0.717, 1.165) is 30.6 Å². The maximum absolute atomic E-state index is 12.6. The van der Waals surface area contributed by atoms with Gasteiger partial charge in [0.2, 0.25) is 0 Å². The molecule has 0 aromatic heterocycles. The number of piperazine rings is 1. The molecular formula is C25H34N3O2+. The van der Waals surface area contributed by atoms with Crippen LogP contribution in [0.25, 0.3) is 0 Å². The average molecular weight is 409 g/mol. The van der Waals surface area contributed by atoms with E-state index in [-0.39, 0.29) is 17.9 Å². The molecule has 1 aliphatic rings. The van der Waals surface area contributed by atoms with Crippen molar-refractivity contribution in [2.24, 2.45) is 5.92 Å². The van der Waals surface area contributed by atoms with Gasteiger partial charge in [-0.25, -0.2) is 0 Å². The van der Waals surface area contributed by atoms with Gasteiger partial charge in [0.15, 0.2) is 6.54 Å². The number of hydrogen-bond donors (Lipinski definition) is 2. The lowest BCUT2D eigenvalue weighted by atomic mass is 10.00. The minimum absolute atomic E-state index is 0.00838. The molecule has 0 bridgehead atoms. The molecule has 0 aliphatic carbocycles. The molecule has 1 saturated heterocycles. The smallest absolute Gasteiger partial charge is 0.275 e. The lowest BCUT2D eigenvalue weighted by molar-refractivity contribution is -0.896. The average Bonchev–Trinajstić information content (AvgIpc) is 2.74. The van der Waals surface area contributed by atoms with Crippen LogP contribution in [0.15, 0.2) is 54.6 Å². The van der Waals surface area contributed by atoms with Gasteiger partial charge in [-0.1, -0.05) is 56.3 Å². The van der Waals surface area contributed by atoms with Crippen molar-refractivity contribution in [3.05, 3.63) is 71.3 Å². The summed E-state index contributed by atoms with van der Waals surface area (Å²) in [5.41, 5.74) is 3.19. The van der Waals surface area contributed by atoms with Gasteiger partial charge in [-0.15, -0.1) is 0 Å². The molecule has 160 valence electrons. The van der Waals surface area contributed by atoms with Gasteiger partial charge in [0, 0.05) is 5.56 Å². The van der Waals surface area contributed by atoms with Crippen molar-refractivity contribution in [3.63, 3.8) is 0 Å². The molecule has 5 nitrogen and oxygen atoms in total. The summed E-state index contributed by atoms with van der Waals surface area (Å²) in [7, 11) is 0. The highest BCUT2D eigenvalue weighted by molar-refractivity contribution is 5.94. The summed E-state index contributed by atoms with van der Waals surface area (Å²) in [6.07, 6.45) is 1.07. The lowest BCUT2D eigenvalue weighted by Gasteiger charge is -2.32. The van der Waals surface area contributed by atoms with Crippen molar-refractivity contribution in [2.75, 3.05) is 32.7 Å². The number of carbonyl (C=O) groups excluding carboxylic acids is 2. The van der Waals surface area contributed by atoms with Gasteiger partial charge in [0.25, 0.3) is 11.8 Å². The Balaban J connectivity index is 1.44. The van der Waals surface area contributed by atoms with Crippen molar-refractivity contribution in [1.29, 1.82) is 0 Å². The van der Waals surface area contributed by atoms with E-state index in [4.69, 9.17) is 0 Å². The van der Waals surface area contributed by atoms with Crippen LogP contribution in [0.4, 0.5) is 0 Å². The third-order valence-corrected chi connectivity index (χ3v) is 5.69. The van der Waals surface area contributed by atoms with Crippen LogP contribution < -0.4 is 10.2 Å². The molecule has 30 heavy (non-hydrogen) atoms. The third-order valence-electron chi connectivity index (χ3n) is 5.69. The minimum atomic E-state index is -0.00838. The first-order chi connectivity index (χ1) is 14.4. The van der Waals surface area contributed by atoms with E-state index >= 15 is 0 Å². The SMILES string of the molecule is CC(C)Cc1ccc([C@H](C)NC(=O)C[NH+]2CCN(C(=O)c3ccccc3)CC2)cc1. The van der Waals surface area contributed by atoms with Crippen LogP contribution in [-0.2, 0) is 11.2 Å². The number of hydrogen-bond acceptors (Lipinski definition) is 2. The van der Waals surface area contributed by atoms with Crippen molar-refractivity contribution in [2.45, 2.75) is 33.2 Å². The molecule has 1 fully saturated rings. The van der Waals surface area contributed by atoms with Gasteiger partial charge in [-0.3, -0.25) is 9.59 Å². The minimum Gasteiger partial charge on any atom is -0.345 e. The maximum Gasteiger partial charge on any atom is 0.275 e. The fourth-order valence-electron chi connectivity index (χ4n) is 3.98. The second-order valence-electron chi connectivity index (χ2n) is 8.71. The van der Waals surface area contributed by atoms with Crippen LogP contribution in [0.5, 0.6) is 0 Å². The van der Waals surface area contributed by atoms with E-state index in [1.165, 1.54) is 10.5 Å². The van der Waals surface area contributed by atoms with Crippen molar-refractivity contribution in [1.82, 2.24) is 10.2 Å². The summed E-state index contributed by atoms with van der Waals surface area (Å²) in [6.45, 7) is 9.87. The summed E-state index contributed by atoms with van der Waals surface area (Å²) >= 11 is 0. The van der Waals surface area contributed by atoms with Crippen LogP contribution in [0.2, 0.25) is 0 Å². The normalized spacial score (nSPS) is 15.8. The van der Waals surface area contributed by atoms with Crippen LogP contribution >= 0.6 is 0 Å². The number of benzene rings is 2. The molecule has 2 aromatic carbocycles. The van der Waals surface area contributed by atoms with Gasteiger partial charge >= 0.3 is 0 Å². The molecule has 0 radical (unpaired) electrons. The van der Waals surface area contributed by atoms with Gasteiger partial charge < -0.3 is 15.1 Å². The summed E-state index contributed by atoms with van der Waals surface area (Å²) in [5.74, 6) is 0.777. The third kappa shape index (κ3) is 6.17. The topological polar surface area (TPSA) is 53.9 Å². The van der Waals surface area contributed by atoms with Crippen LogP contribution in [0.3, 0.4) is 0 Å². The highest BCUT2D eigenvalue weighted by Gasteiger charge is 2.26. The number of rotatable bonds is 7. The maximum atomic E-state index is 12.6. The molecule has 0 saturated carbocycles.